The van der Waals surface area contributed by atoms with Crippen LogP contribution in [0.25, 0.3) is 5.69 Å². The van der Waals surface area contributed by atoms with Gasteiger partial charge in [0.2, 0.25) is 5.82 Å². The summed E-state index contributed by atoms with van der Waals surface area (Å²) in [6.07, 6.45) is 3.29. The third kappa shape index (κ3) is 3.19. The lowest BCUT2D eigenvalue weighted by molar-refractivity contribution is -0.143. The number of carboxylic acid groups (broad SMARTS) is 1. The first kappa shape index (κ1) is 17.0. The van der Waals surface area contributed by atoms with Crippen LogP contribution in [0.1, 0.15) is 48.0 Å². The van der Waals surface area contributed by atoms with E-state index in [1.807, 2.05) is 18.2 Å². The molecule has 2 aliphatic rings. The van der Waals surface area contributed by atoms with E-state index < -0.39 is 11.9 Å². The highest BCUT2D eigenvalue weighted by atomic mass is 35.5. The summed E-state index contributed by atoms with van der Waals surface area (Å²) < 4.78 is 1.66. The number of piperidine rings is 1. The van der Waals surface area contributed by atoms with Crippen molar-refractivity contribution in [1.29, 1.82) is 0 Å². The largest absolute Gasteiger partial charge is 0.481 e. The lowest BCUT2D eigenvalue weighted by Gasteiger charge is -2.29. The third-order valence-electron chi connectivity index (χ3n) is 4.90. The Balaban J connectivity index is 1.65. The highest BCUT2D eigenvalue weighted by Crippen LogP contribution is 2.40. The zero-order valence-corrected chi connectivity index (χ0v) is 14.9. The van der Waals surface area contributed by atoms with Crippen LogP contribution in [0, 0.1) is 5.92 Å². The molecule has 1 aliphatic heterocycles. The average Bonchev–Trinajstić information content (AvgIpc) is 3.40. The third-order valence-corrected chi connectivity index (χ3v) is 5.22. The summed E-state index contributed by atoms with van der Waals surface area (Å²) in [5, 5.41) is 14.2. The van der Waals surface area contributed by atoms with E-state index >= 15 is 0 Å². The maximum Gasteiger partial charge on any atom is 0.308 e. The number of rotatable bonds is 4. The lowest BCUT2D eigenvalue weighted by atomic mass is 9.98. The fourth-order valence-corrected chi connectivity index (χ4v) is 3.54. The molecule has 8 heteroatoms. The van der Waals surface area contributed by atoms with Gasteiger partial charge in [-0.05, 0) is 37.8 Å². The van der Waals surface area contributed by atoms with E-state index in [4.69, 9.17) is 11.6 Å². The Morgan fingerprint density at radius 1 is 1.19 bits per heavy atom. The smallest absolute Gasteiger partial charge is 0.308 e. The molecule has 136 valence electrons. The number of hydrogen-bond acceptors (Lipinski definition) is 4. The van der Waals surface area contributed by atoms with Gasteiger partial charge in [-0.15, -0.1) is 5.10 Å². The summed E-state index contributed by atoms with van der Waals surface area (Å²) in [6, 6.07) is 7.33. The molecule has 2 heterocycles. The minimum Gasteiger partial charge on any atom is -0.481 e. The van der Waals surface area contributed by atoms with Crippen LogP contribution in [0.3, 0.4) is 0 Å². The van der Waals surface area contributed by atoms with Gasteiger partial charge in [-0.2, -0.15) is 0 Å². The van der Waals surface area contributed by atoms with Crippen molar-refractivity contribution in [2.24, 2.45) is 5.92 Å². The summed E-state index contributed by atoms with van der Waals surface area (Å²) in [5.74, 6) is -0.569. The lowest BCUT2D eigenvalue weighted by Crippen LogP contribution is -2.42. The van der Waals surface area contributed by atoms with Crippen LogP contribution in [0.4, 0.5) is 0 Å². The average molecular weight is 375 g/mol. The molecule has 4 rings (SSSR count). The van der Waals surface area contributed by atoms with E-state index in [0.717, 1.165) is 18.7 Å². The summed E-state index contributed by atoms with van der Waals surface area (Å²) in [6.45, 7) is 0.732. The maximum absolute atomic E-state index is 12.9. The van der Waals surface area contributed by atoms with E-state index in [2.05, 4.69) is 10.1 Å². The molecule has 0 bridgehead atoms. The maximum atomic E-state index is 12.9. The number of para-hydroxylation sites is 1. The number of hydrogen-bond donors (Lipinski definition) is 1. The first-order valence-corrected chi connectivity index (χ1v) is 9.16. The molecule has 26 heavy (non-hydrogen) atoms. The van der Waals surface area contributed by atoms with E-state index in [1.165, 1.54) is 0 Å². The molecule has 1 aromatic heterocycles. The predicted molar refractivity (Wildman–Crippen MR) is 94.6 cm³/mol. The molecule has 1 unspecified atom stereocenters. The number of carbonyl (C=O) groups excluding carboxylic acids is 1. The molecule has 1 saturated carbocycles. The van der Waals surface area contributed by atoms with Gasteiger partial charge in [-0.3, -0.25) is 9.59 Å². The molecular weight excluding hydrogens is 356 g/mol. The number of benzene rings is 1. The molecular formula is C18H19ClN4O3. The normalized spacial score (nSPS) is 20.2. The van der Waals surface area contributed by atoms with E-state index in [9.17, 15) is 14.7 Å². The van der Waals surface area contributed by atoms with Crippen molar-refractivity contribution in [3.63, 3.8) is 0 Å². The van der Waals surface area contributed by atoms with Gasteiger partial charge in [-0.25, -0.2) is 9.67 Å². The number of carbonyl (C=O) groups is 2. The molecule has 2 fully saturated rings. The second-order valence-electron chi connectivity index (χ2n) is 6.86. The number of aromatic nitrogens is 3. The molecule has 1 N–H and O–H groups in total. The van der Waals surface area contributed by atoms with Crippen molar-refractivity contribution in [1.82, 2.24) is 19.7 Å². The number of amides is 1. The topological polar surface area (TPSA) is 88.3 Å². The SMILES string of the molecule is O=C(O)C1CCCN(C(=O)c2nc(C3CC3)n(-c3ccccc3Cl)n2)C1. The number of nitrogens with zero attached hydrogens (tertiary/aromatic N) is 4. The van der Waals surface area contributed by atoms with Crippen LogP contribution in [0.15, 0.2) is 24.3 Å². The van der Waals surface area contributed by atoms with Gasteiger partial charge in [0.05, 0.1) is 16.6 Å². The summed E-state index contributed by atoms with van der Waals surface area (Å²) in [7, 11) is 0. The molecule has 0 spiro atoms. The van der Waals surface area contributed by atoms with Crippen LogP contribution in [0.5, 0.6) is 0 Å². The monoisotopic (exact) mass is 374 g/mol. The van der Waals surface area contributed by atoms with Gasteiger partial charge in [0.25, 0.3) is 5.91 Å². The predicted octanol–water partition coefficient (Wildman–Crippen LogP) is 2.73. The first-order chi connectivity index (χ1) is 12.5. The van der Waals surface area contributed by atoms with Gasteiger partial charge in [0.1, 0.15) is 5.82 Å². The van der Waals surface area contributed by atoms with Gasteiger partial charge >= 0.3 is 5.97 Å². The fourth-order valence-electron chi connectivity index (χ4n) is 3.33. The van der Waals surface area contributed by atoms with Gasteiger partial charge in [0.15, 0.2) is 0 Å². The molecule has 0 radical (unpaired) electrons. The Labute approximate surface area is 155 Å². The summed E-state index contributed by atoms with van der Waals surface area (Å²) in [5.41, 5.74) is 0.699. The summed E-state index contributed by atoms with van der Waals surface area (Å²) in [4.78, 5) is 30.1. The number of aliphatic carboxylic acids is 1. The van der Waals surface area contributed by atoms with E-state index in [-0.39, 0.29) is 24.2 Å². The van der Waals surface area contributed by atoms with Crippen molar-refractivity contribution >= 4 is 23.5 Å². The van der Waals surface area contributed by atoms with Crippen molar-refractivity contribution in [3.05, 3.63) is 40.9 Å². The van der Waals surface area contributed by atoms with Crippen molar-refractivity contribution in [2.75, 3.05) is 13.1 Å². The molecule has 1 aliphatic carbocycles. The quantitative estimate of drug-likeness (QED) is 0.888. The molecule has 2 aromatic rings. The molecule has 1 aromatic carbocycles. The van der Waals surface area contributed by atoms with Crippen molar-refractivity contribution < 1.29 is 14.7 Å². The number of halogens is 1. The van der Waals surface area contributed by atoms with Gasteiger partial charge in [0, 0.05) is 19.0 Å². The Morgan fingerprint density at radius 3 is 2.65 bits per heavy atom. The minimum atomic E-state index is -0.865. The van der Waals surface area contributed by atoms with E-state index in [0.29, 0.717) is 30.1 Å². The molecule has 1 amide bonds. The zero-order valence-electron chi connectivity index (χ0n) is 14.1. The zero-order chi connectivity index (χ0) is 18.3. The summed E-state index contributed by atoms with van der Waals surface area (Å²) >= 11 is 6.30. The first-order valence-electron chi connectivity index (χ1n) is 8.78. The fraction of sp³-hybridized carbons (Fsp3) is 0.444. The Morgan fingerprint density at radius 2 is 1.96 bits per heavy atom. The Hall–Kier alpha value is -2.41. The molecule has 7 nitrogen and oxygen atoms in total. The van der Waals surface area contributed by atoms with Crippen LogP contribution >= 0.6 is 11.6 Å². The standard InChI is InChI=1S/C18H19ClN4O3/c19-13-5-1-2-6-14(13)23-16(11-7-8-11)20-15(21-23)17(24)22-9-3-4-12(10-22)18(25)26/h1-2,5-6,11-12H,3-4,7-10H2,(H,25,26). The van der Waals surface area contributed by atoms with Crippen LogP contribution in [0.2, 0.25) is 5.02 Å². The minimum absolute atomic E-state index is 0.109. The Kier molecular flexibility index (Phi) is 4.40. The second kappa shape index (κ2) is 6.72. The van der Waals surface area contributed by atoms with Crippen LogP contribution in [-0.2, 0) is 4.79 Å². The van der Waals surface area contributed by atoms with Gasteiger partial charge in [-0.1, -0.05) is 23.7 Å². The Bertz CT molecular complexity index is 862. The number of likely N-dealkylation sites (tertiary alicyclic amines) is 1. The van der Waals surface area contributed by atoms with Gasteiger partial charge < -0.3 is 10.0 Å². The highest BCUT2D eigenvalue weighted by molar-refractivity contribution is 6.32. The molecule has 1 atom stereocenters. The van der Waals surface area contributed by atoms with Crippen molar-refractivity contribution in [2.45, 2.75) is 31.6 Å². The van der Waals surface area contributed by atoms with Crippen LogP contribution in [-0.4, -0.2) is 49.7 Å². The van der Waals surface area contributed by atoms with Crippen molar-refractivity contribution in [3.8, 4) is 5.69 Å². The van der Waals surface area contributed by atoms with Crippen LogP contribution < -0.4 is 0 Å². The number of carboxylic acids is 1. The van der Waals surface area contributed by atoms with E-state index in [1.54, 1.807) is 15.6 Å². The molecule has 1 saturated heterocycles. The second-order valence-corrected chi connectivity index (χ2v) is 7.27. The highest BCUT2D eigenvalue weighted by Gasteiger charge is 2.34.